The number of aryl methyl sites for hydroxylation is 3. The Morgan fingerprint density at radius 2 is 1.69 bits per heavy atom. The van der Waals surface area contributed by atoms with Crippen LogP contribution in [0.2, 0.25) is 0 Å². The van der Waals surface area contributed by atoms with E-state index in [0.29, 0.717) is 12.0 Å². The third kappa shape index (κ3) is 17.6. The fourth-order valence-corrected chi connectivity index (χ4v) is 3.75. The zero-order chi connectivity index (χ0) is 30.6. The van der Waals surface area contributed by atoms with Gasteiger partial charge in [0.2, 0.25) is 5.88 Å². The quantitative estimate of drug-likeness (QED) is 0.353. The van der Waals surface area contributed by atoms with E-state index in [1.165, 1.54) is 24.1 Å². The van der Waals surface area contributed by atoms with Gasteiger partial charge in [-0.05, 0) is 68.9 Å². The van der Waals surface area contributed by atoms with Crippen LogP contribution >= 0.6 is 11.8 Å². The molecule has 222 valence electrons. The first-order valence-corrected chi connectivity index (χ1v) is 14.4. The highest BCUT2D eigenvalue weighted by Gasteiger charge is 2.34. The minimum Gasteiger partial charge on any atom is -0.417 e. The van der Waals surface area contributed by atoms with Gasteiger partial charge in [0, 0.05) is 23.1 Å². The Kier molecular flexibility index (Phi) is 21.1. The lowest BCUT2D eigenvalue weighted by molar-refractivity contribution is -0.106. The number of thioether (sulfide) groups is 1. The summed E-state index contributed by atoms with van der Waals surface area (Å²) < 4.78 is 40.6. The second-order valence-electron chi connectivity index (χ2n) is 9.52. The Bertz CT molecular complexity index is 966. The highest BCUT2D eigenvalue weighted by Crippen LogP contribution is 2.29. The molecule has 0 radical (unpaired) electrons. The van der Waals surface area contributed by atoms with Gasteiger partial charge in [0.1, 0.15) is 12.1 Å². The number of hydrogen-bond donors (Lipinski definition) is 1. The van der Waals surface area contributed by atoms with E-state index in [1.54, 1.807) is 0 Å². The molecule has 1 aliphatic rings. The molecule has 1 aromatic heterocycles. The Hall–Kier alpha value is -2.55. The Balaban J connectivity index is 0. The van der Waals surface area contributed by atoms with E-state index < -0.39 is 12.4 Å². The van der Waals surface area contributed by atoms with Crippen molar-refractivity contribution in [1.29, 1.82) is 0 Å². The van der Waals surface area contributed by atoms with E-state index in [4.69, 9.17) is 4.79 Å². The van der Waals surface area contributed by atoms with Gasteiger partial charge in [0.15, 0.2) is 0 Å². The van der Waals surface area contributed by atoms with E-state index >= 15 is 0 Å². The average molecular weight is 573 g/mol. The second kappa shape index (κ2) is 21.3. The molecule has 0 saturated carbocycles. The molecule has 9 heteroatoms. The average Bonchev–Trinajstić information content (AvgIpc) is 2.83. The summed E-state index contributed by atoms with van der Waals surface area (Å²) in [6, 6.07) is 7.06. The summed E-state index contributed by atoms with van der Waals surface area (Å²) in [6.45, 7) is 17.1. The summed E-state index contributed by atoms with van der Waals surface area (Å²) in [5.74, 6) is 2.18. The van der Waals surface area contributed by atoms with Crippen molar-refractivity contribution in [3.05, 3.63) is 58.5 Å². The number of halogens is 3. The van der Waals surface area contributed by atoms with Gasteiger partial charge in [-0.1, -0.05) is 54.0 Å². The molecular weight excluding hydrogens is 525 g/mol. The molecule has 0 unspecified atom stereocenters. The number of amides is 1. The number of ether oxygens (including phenoxy) is 1. The van der Waals surface area contributed by atoms with Gasteiger partial charge >= 0.3 is 6.61 Å². The summed E-state index contributed by atoms with van der Waals surface area (Å²) in [4.78, 5) is 24.2. The molecule has 0 atom stereocenters. The smallest absolute Gasteiger partial charge is 0.388 e. The van der Waals surface area contributed by atoms with E-state index in [2.05, 4.69) is 49.7 Å². The lowest BCUT2D eigenvalue weighted by Gasteiger charge is -2.38. The maximum Gasteiger partial charge on any atom is 0.388 e. The SMILES string of the molecule is CC.CC(C)C.CC=O.CCCc1cc(OC(F)F)ncc1F.Cc1ccc(C(=O)NC2(C)CSC2)cc1C. The first-order valence-electron chi connectivity index (χ1n) is 13.2. The summed E-state index contributed by atoms with van der Waals surface area (Å²) in [5, 5.41) is 3.10. The van der Waals surface area contributed by atoms with Gasteiger partial charge in [-0.15, -0.1) is 0 Å². The first-order chi connectivity index (χ1) is 18.3. The van der Waals surface area contributed by atoms with Crippen LogP contribution in [0, 0.1) is 25.6 Å². The molecule has 0 spiro atoms. The molecule has 3 rings (SSSR count). The van der Waals surface area contributed by atoms with Crippen LogP contribution in [0.25, 0.3) is 0 Å². The summed E-state index contributed by atoms with van der Waals surface area (Å²) >= 11 is 1.87. The molecule has 1 fully saturated rings. The zero-order valence-electron chi connectivity index (χ0n) is 25.2. The highest BCUT2D eigenvalue weighted by atomic mass is 32.2. The zero-order valence-corrected chi connectivity index (χ0v) is 26.0. The van der Waals surface area contributed by atoms with Crippen molar-refractivity contribution in [3.8, 4) is 5.88 Å². The number of aromatic nitrogens is 1. The summed E-state index contributed by atoms with van der Waals surface area (Å²) in [6.07, 6.45) is 2.85. The number of carbonyl (C=O) groups is 2. The number of benzene rings is 1. The van der Waals surface area contributed by atoms with Crippen molar-refractivity contribution in [2.75, 3.05) is 11.5 Å². The normalized spacial score (nSPS) is 12.5. The summed E-state index contributed by atoms with van der Waals surface area (Å²) in [5.41, 5.74) is 3.50. The maximum absolute atomic E-state index is 13.0. The third-order valence-electron chi connectivity index (χ3n) is 4.66. The minimum absolute atomic E-state index is 0.000537. The van der Waals surface area contributed by atoms with E-state index in [1.807, 2.05) is 57.7 Å². The molecule has 1 N–H and O–H groups in total. The monoisotopic (exact) mass is 572 g/mol. The number of alkyl halides is 2. The van der Waals surface area contributed by atoms with Crippen LogP contribution in [-0.4, -0.2) is 40.8 Å². The lowest BCUT2D eigenvalue weighted by Crippen LogP contribution is -2.55. The molecule has 1 amide bonds. The van der Waals surface area contributed by atoms with Gasteiger partial charge in [0.05, 0.1) is 11.7 Å². The van der Waals surface area contributed by atoms with Gasteiger partial charge in [-0.2, -0.15) is 20.5 Å². The van der Waals surface area contributed by atoms with Gasteiger partial charge in [-0.3, -0.25) is 4.79 Å². The fourth-order valence-electron chi connectivity index (χ4n) is 2.78. The predicted octanol–water partition coefficient (Wildman–Crippen LogP) is 8.21. The number of aldehydes is 1. The van der Waals surface area contributed by atoms with Gasteiger partial charge < -0.3 is 14.8 Å². The van der Waals surface area contributed by atoms with Gasteiger partial charge in [-0.25, -0.2) is 9.37 Å². The number of rotatable bonds is 6. The van der Waals surface area contributed by atoms with Crippen molar-refractivity contribution in [2.24, 2.45) is 5.92 Å². The maximum atomic E-state index is 13.0. The Morgan fingerprint density at radius 1 is 1.15 bits per heavy atom. The Morgan fingerprint density at radius 3 is 2.10 bits per heavy atom. The van der Waals surface area contributed by atoms with Crippen molar-refractivity contribution < 1.29 is 27.5 Å². The van der Waals surface area contributed by atoms with Crippen LogP contribution in [0.15, 0.2) is 30.5 Å². The largest absolute Gasteiger partial charge is 0.417 e. The molecule has 0 aliphatic carbocycles. The Labute approximate surface area is 237 Å². The van der Waals surface area contributed by atoms with Crippen LogP contribution in [0.1, 0.15) is 88.9 Å². The van der Waals surface area contributed by atoms with Crippen molar-refractivity contribution in [3.63, 3.8) is 0 Å². The van der Waals surface area contributed by atoms with Gasteiger partial charge in [0.25, 0.3) is 5.91 Å². The third-order valence-corrected chi connectivity index (χ3v) is 6.35. The van der Waals surface area contributed by atoms with Crippen molar-refractivity contribution in [2.45, 2.75) is 94.2 Å². The van der Waals surface area contributed by atoms with E-state index in [-0.39, 0.29) is 17.3 Å². The molecule has 2 heterocycles. The van der Waals surface area contributed by atoms with Crippen LogP contribution < -0.4 is 10.1 Å². The van der Waals surface area contributed by atoms with E-state index in [0.717, 1.165) is 41.9 Å². The second-order valence-corrected chi connectivity index (χ2v) is 10.5. The van der Waals surface area contributed by atoms with Crippen LogP contribution in [-0.2, 0) is 11.2 Å². The molecule has 2 aromatic rings. The minimum atomic E-state index is -2.93. The molecule has 1 saturated heterocycles. The predicted molar refractivity (Wildman–Crippen MR) is 158 cm³/mol. The molecule has 5 nitrogen and oxygen atoms in total. The topological polar surface area (TPSA) is 68.3 Å². The van der Waals surface area contributed by atoms with Crippen molar-refractivity contribution >= 4 is 24.0 Å². The number of nitrogens with zero attached hydrogens (tertiary/aromatic N) is 1. The van der Waals surface area contributed by atoms with Crippen LogP contribution in [0.3, 0.4) is 0 Å². The summed E-state index contributed by atoms with van der Waals surface area (Å²) in [7, 11) is 0. The van der Waals surface area contributed by atoms with Crippen molar-refractivity contribution in [1.82, 2.24) is 10.3 Å². The number of carbonyl (C=O) groups excluding carboxylic acids is 2. The number of hydrogen-bond acceptors (Lipinski definition) is 5. The molecule has 1 aromatic carbocycles. The van der Waals surface area contributed by atoms with Crippen LogP contribution in [0.4, 0.5) is 13.2 Å². The lowest BCUT2D eigenvalue weighted by atomic mass is 10.0. The fraction of sp³-hybridized carbons (Fsp3) is 0.567. The number of nitrogens with one attached hydrogen (secondary N) is 1. The molecular formula is C30H47F3N2O3S. The number of pyridine rings is 1. The molecule has 0 bridgehead atoms. The highest BCUT2D eigenvalue weighted by molar-refractivity contribution is 8.00. The molecule has 39 heavy (non-hydrogen) atoms. The van der Waals surface area contributed by atoms with Crippen LogP contribution in [0.5, 0.6) is 5.88 Å². The molecule has 1 aliphatic heterocycles. The first kappa shape index (κ1) is 38.6. The standard InChI is InChI=1S/C13H17NOS.C9H10F3NO.C4H10.C2H4O.C2H6/c1-9-4-5-11(6-10(9)2)12(15)14-13(3)7-16-8-13;1-2-3-6-4-8(14-9(11)12)13-5-7(6)10;1-4(2)3;1-2-3;1-2/h4-6H,7-8H2,1-3H3,(H,14,15);4-5,9H,2-3H2,1H3;4H,1-3H3;2H,1H3;1-2H3. The van der Waals surface area contributed by atoms with E-state index in [9.17, 15) is 18.0 Å².